The van der Waals surface area contributed by atoms with E-state index in [4.69, 9.17) is 5.11 Å². The number of likely N-dealkylation sites (tertiary alicyclic amines) is 1. The molecule has 15 heavy (non-hydrogen) atoms. The van der Waals surface area contributed by atoms with E-state index in [1.54, 1.807) is 0 Å². The molecular weight excluding hydrogens is 192 g/mol. The minimum absolute atomic E-state index is 0.297. The van der Waals surface area contributed by atoms with E-state index in [1.807, 2.05) is 6.92 Å². The first kappa shape index (κ1) is 12.5. The Bertz CT molecular complexity index is 201. The predicted molar refractivity (Wildman–Crippen MR) is 59.9 cm³/mol. The number of rotatable bonds is 5. The Morgan fingerprint density at radius 3 is 2.47 bits per heavy atom. The van der Waals surface area contributed by atoms with E-state index in [0.29, 0.717) is 5.92 Å². The summed E-state index contributed by atoms with van der Waals surface area (Å²) in [6.45, 7) is 7.99. The molecule has 0 saturated carbocycles. The summed E-state index contributed by atoms with van der Waals surface area (Å²) in [7, 11) is 0. The quantitative estimate of drug-likeness (QED) is 0.710. The van der Waals surface area contributed by atoms with Crippen LogP contribution in [0.5, 0.6) is 0 Å². The summed E-state index contributed by atoms with van der Waals surface area (Å²) in [5.74, 6) is -0.406. The zero-order valence-electron chi connectivity index (χ0n) is 9.70. The van der Waals surface area contributed by atoms with Crippen molar-refractivity contribution in [1.29, 1.82) is 0 Å². The summed E-state index contributed by atoms with van der Waals surface area (Å²) in [4.78, 5) is 13.4. The molecule has 1 aliphatic heterocycles. The number of nitrogens with one attached hydrogen (secondary N) is 1. The van der Waals surface area contributed by atoms with Gasteiger partial charge in [0, 0.05) is 0 Å². The molecule has 88 valence electrons. The molecule has 1 saturated heterocycles. The van der Waals surface area contributed by atoms with Crippen LogP contribution < -0.4 is 5.32 Å². The number of carboxylic acids is 1. The molecule has 4 nitrogen and oxygen atoms in total. The highest BCUT2D eigenvalue weighted by Crippen LogP contribution is 2.20. The Kier molecular flexibility index (Phi) is 5.05. The number of nitrogens with zero attached hydrogens (tertiary/aromatic N) is 1. The molecule has 0 spiro atoms. The lowest BCUT2D eigenvalue weighted by molar-refractivity contribution is -0.141. The first-order valence-electron chi connectivity index (χ1n) is 5.87. The molecule has 0 radical (unpaired) electrons. The fraction of sp³-hybridized carbons (Fsp3) is 0.909. The van der Waals surface area contributed by atoms with Crippen molar-refractivity contribution in [2.75, 3.05) is 26.2 Å². The smallest absolute Gasteiger partial charge is 0.320 e. The second kappa shape index (κ2) is 6.08. The summed E-state index contributed by atoms with van der Waals surface area (Å²) in [5.41, 5.74) is 0. The van der Waals surface area contributed by atoms with Crippen molar-refractivity contribution in [3.05, 3.63) is 0 Å². The minimum Gasteiger partial charge on any atom is -0.480 e. The molecule has 0 aromatic heterocycles. The van der Waals surface area contributed by atoms with Crippen molar-refractivity contribution in [3.63, 3.8) is 0 Å². The van der Waals surface area contributed by atoms with Gasteiger partial charge in [0.1, 0.15) is 6.04 Å². The van der Waals surface area contributed by atoms with Crippen LogP contribution in [0.1, 0.15) is 26.7 Å². The Morgan fingerprint density at radius 2 is 2.07 bits per heavy atom. The van der Waals surface area contributed by atoms with Gasteiger partial charge in [-0.05, 0) is 44.9 Å². The number of hydrogen-bond donors (Lipinski definition) is 2. The van der Waals surface area contributed by atoms with Gasteiger partial charge < -0.3 is 15.3 Å². The van der Waals surface area contributed by atoms with E-state index < -0.39 is 5.97 Å². The van der Waals surface area contributed by atoms with Crippen LogP contribution in [0.15, 0.2) is 0 Å². The molecule has 1 heterocycles. The average molecular weight is 214 g/mol. The molecule has 2 N–H and O–H groups in total. The van der Waals surface area contributed by atoms with Gasteiger partial charge >= 0.3 is 5.97 Å². The van der Waals surface area contributed by atoms with Crippen molar-refractivity contribution in [1.82, 2.24) is 10.2 Å². The number of carbonyl (C=O) groups is 1. The first-order chi connectivity index (χ1) is 7.19. The third-order valence-corrected chi connectivity index (χ3v) is 3.24. The summed E-state index contributed by atoms with van der Waals surface area (Å²) in [6.07, 6.45) is 2.00. The van der Waals surface area contributed by atoms with Gasteiger partial charge in [-0.3, -0.25) is 4.79 Å². The number of likely N-dealkylation sites (N-methyl/N-ethyl adjacent to an activating group) is 1. The van der Waals surface area contributed by atoms with Crippen LogP contribution >= 0.6 is 0 Å². The Labute approximate surface area is 91.6 Å². The standard InChI is InChI=1S/C11H22N2O2/c1-3-12-10(11(14)15)9-5-7-13(4-2)8-6-9/h9-10,12H,3-8H2,1-2H3,(H,14,15). The van der Waals surface area contributed by atoms with Crippen molar-refractivity contribution in [2.24, 2.45) is 5.92 Å². The van der Waals surface area contributed by atoms with Gasteiger partial charge in [0.25, 0.3) is 0 Å². The summed E-state index contributed by atoms with van der Waals surface area (Å²) in [6, 6.07) is -0.353. The zero-order chi connectivity index (χ0) is 11.3. The van der Waals surface area contributed by atoms with Crippen molar-refractivity contribution >= 4 is 5.97 Å². The maximum Gasteiger partial charge on any atom is 0.320 e. The largest absolute Gasteiger partial charge is 0.480 e. The zero-order valence-corrected chi connectivity index (χ0v) is 9.70. The van der Waals surface area contributed by atoms with Crippen LogP contribution in [-0.2, 0) is 4.79 Å². The second-order valence-electron chi connectivity index (χ2n) is 4.15. The molecule has 1 aliphatic rings. The summed E-state index contributed by atoms with van der Waals surface area (Å²) >= 11 is 0. The average Bonchev–Trinajstić information content (AvgIpc) is 2.26. The van der Waals surface area contributed by atoms with Gasteiger partial charge in [-0.1, -0.05) is 13.8 Å². The second-order valence-corrected chi connectivity index (χ2v) is 4.15. The van der Waals surface area contributed by atoms with E-state index in [1.165, 1.54) is 0 Å². The van der Waals surface area contributed by atoms with Gasteiger partial charge in [-0.25, -0.2) is 0 Å². The fourth-order valence-corrected chi connectivity index (χ4v) is 2.28. The van der Waals surface area contributed by atoms with Crippen LogP contribution in [0.25, 0.3) is 0 Å². The van der Waals surface area contributed by atoms with E-state index in [2.05, 4.69) is 17.1 Å². The molecule has 1 atom stereocenters. The number of aliphatic carboxylic acids is 1. The molecule has 0 aromatic carbocycles. The first-order valence-corrected chi connectivity index (χ1v) is 5.87. The molecule has 0 aliphatic carbocycles. The lowest BCUT2D eigenvalue weighted by Crippen LogP contribution is -2.47. The lowest BCUT2D eigenvalue weighted by atomic mass is 9.89. The summed E-state index contributed by atoms with van der Waals surface area (Å²) in [5, 5.41) is 12.2. The molecule has 0 bridgehead atoms. The molecule has 1 fully saturated rings. The van der Waals surface area contributed by atoms with Crippen LogP contribution in [0, 0.1) is 5.92 Å². The maximum atomic E-state index is 11.1. The van der Waals surface area contributed by atoms with Crippen LogP contribution in [0.2, 0.25) is 0 Å². The van der Waals surface area contributed by atoms with E-state index in [9.17, 15) is 4.79 Å². The van der Waals surface area contributed by atoms with Gasteiger partial charge in [-0.2, -0.15) is 0 Å². The van der Waals surface area contributed by atoms with E-state index in [-0.39, 0.29) is 6.04 Å². The van der Waals surface area contributed by atoms with Crippen LogP contribution in [-0.4, -0.2) is 48.2 Å². The van der Waals surface area contributed by atoms with E-state index in [0.717, 1.165) is 39.0 Å². The third-order valence-electron chi connectivity index (χ3n) is 3.24. The van der Waals surface area contributed by atoms with Crippen molar-refractivity contribution in [3.8, 4) is 0 Å². The lowest BCUT2D eigenvalue weighted by Gasteiger charge is -2.34. The van der Waals surface area contributed by atoms with Crippen molar-refractivity contribution in [2.45, 2.75) is 32.7 Å². The molecule has 4 heteroatoms. The fourth-order valence-electron chi connectivity index (χ4n) is 2.28. The molecule has 0 amide bonds. The van der Waals surface area contributed by atoms with Crippen LogP contribution in [0.4, 0.5) is 0 Å². The number of hydrogen-bond acceptors (Lipinski definition) is 3. The van der Waals surface area contributed by atoms with Gasteiger partial charge in [-0.15, -0.1) is 0 Å². The Balaban J connectivity index is 2.45. The minimum atomic E-state index is -0.702. The van der Waals surface area contributed by atoms with E-state index >= 15 is 0 Å². The SMILES string of the molecule is CCNC(C(=O)O)C1CCN(CC)CC1. The van der Waals surface area contributed by atoms with Gasteiger partial charge in [0.05, 0.1) is 0 Å². The van der Waals surface area contributed by atoms with Gasteiger partial charge in [0.15, 0.2) is 0 Å². The monoisotopic (exact) mass is 214 g/mol. The van der Waals surface area contributed by atoms with Crippen LogP contribution in [0.3, 0.4) is 0 Å². The number of piperidine rings is 1. The highest BCUT2D eigenvalue weighted by atomic mass is 16.4. The molecule has 1 unspecified atom stereocenters. The Hall–Kier alpha value is -0.610. The topological polar surface area (TPSA) is 52.6 Å². The highest BCUT2D eigenvalue weighted by Gasteiger charge is 2.29. The predicted octanol–water partition coefficient (Wildman–Crippen LogP) is 0.781. The Morgan fingerprint density at radius 1 is 1.47 bits per heavy atom. The molecule has 0 aromatic rings. The highest BCUT2D eigenvalue weighted by molar-refractivity contribution is 5.73. The normalized spacial score (nSPS) is 21.5. The van der Waals surface area contributed by atoms with Gasteiger partial charge in [0.2, 0.25) is 0 Å². The molecule has 1 rings (SSSR count). The van der Waals surface area contributed by atoms with Crippen molar-refractivity contribution < 1.29 is 9.90 Å². The third kappa shape index (κ3) is 3.47. The summed E-state index contributed by atoms with van der Waals surface area (Å²) < 4.78 is 0. The number of carboxylic acid groups (broad SMARTS) is 1. The molecular formula is C11H22N2O2. The maximum absolute atomic E-state index is 11.1.